The molecule has 0 aliphatic carbocycles. The van der Waals surface area contributed by atoms with Crippen LogP contribution in [-0.2, 0) is 22.7 Å². The van der Waals surface area contributed by atoms with Crippen LogP contribution in [0.2, 0.25) is 0 Å². The number of hydrogen-bond donors (Lipinski definition) is 0. The summed E-state index contributed by atoms with van der Waals surface area (Å²) in [5, 5.41) is 11.0. The maximum absolute atomic E-state index is 12.7. The maximum atomic E-state index is 12.7. The van der Waals surface area contributed by atoms with Gasteiger partial charge in [-0.05, 0) is 41.3 Å². The standard InChI is InChI=1S/C19H25N7O2/c27-17-4-7-19(14-25(17)12-16-3-1-8-20-11-16)6-2-9-24(13-19)18(28)5-10-26-15-21-22-23-26/h1,3,8,11,15H,2,4-7,9-10,12-14H2/t19-/m0/s1. The summed E-state index contributed by atoms with van der Waals surface area (Å²) in [6.07, 6.45) is 8.89. The minimum Gasteiger partial charge on any atom is -0.342 e. The number of rotatable bonds is 5. The summed E-state index contributed by atoms with van der Waals surface area (Å²) in [7, 11) is 0. The molecule has 4 rings (SSSR count). The lowest BCUT2D eigenvalue weighted by molar-refractivity contribution is -0.143. The van der Waals surface area contributed by atoms with Crippen LogP contribution in [-0.4, -0.2) is 66.4 Å². The molecule has 2 aliphatic heterocycles. The first-order valence-electron chi connectivity index (χ1n) is 9.79. The average Bonchev–Trinajstić information content (AvgIpc) is 3.24. The average molecular weight is 383 g/mol. The molecule has 2 aromatic heterocycles. The largest absolute Gasteiger partial charge is 0.342 e. The Morgan fingerprint density at radius 2 is 2.18 bits per heavy atom. The molecule has 0 N–H and O–H groups in total. The van der Waals surface area contributed by atoms with Crippen molar-refractivity contribution < 1.29 is 9.59 Å². The highest BCUT2D eigenvalue weighted by Gasteiger charge is 2.42. The lowest BCUT2D eigenvalue weighted by Gasteiger charge is -2.48. The fourth-order valence-corrected chi connectivity index (χ4v) is 4.36. The predicted octanol–water partition coefficient (Wildman–Crippen LogP) is 0.890. The molecule has 2 aromatic rings. The van der Waals surface area contributed by atoms with E-state index >= 15 is 0 Å². The van der Waals surface area contributed by atoms with Crippen LogP contribution in [0.3, 0.4) is 0 Å². The predicted molar refractivity (Wildman–Crippen MR) is 99.6 cm³/mol. The Hall–Kier alpha value is -2.84. The number of amides is 2. The van der Waals surface area contributed by atoms with E-state index in [1.807, 2.05) is 28.1 Å². The van der Waals surface area contributed by atoms with Crippen LogP contribution in [0.4, 0.5) is 0 Å². The van der Waals surface area contributed by atoms with Gasteiger partial charge in [-0.2, -0.15) is 0 Å². The van der Waals surface area contributed by atoms with Crippen LogP contribution in [0.15, 0.2) is 30.9 Å². The van der Waals surface area contributed by atoms with Gasteiger partial charge in [0.15, 0.2) is 0 Å². The Bertz CT molecular complexity index is 811. The molecule has 4 heterocycles. The van der Waals surface area contributed by atoms with Crippen LogP contribution >= 0.6 is 0 Å². The lowest BCUT2D eigenvalue weighted by Crippen LogP contribution is -2.54. The van der Waals surface area contributed by atoms with E-state index in [0.717, 1.165) is 37.9 Å². The molecule has 0 saturated carbocycles. The van der Waals surface area contributed by atoms with Gasteiger partial charge in [-0.1, -0.05) is 6.07 Å². The van der Waals surface area contributed by atoms with Crippen molar-refractivity contribution in [1.29, 1.82) is 0 Å². The summed E-state index contributed by atoms with van der Waals surface area (Å²) >= 11 is 0. The number of pyridine rings is 1. The molecule has 1 atom stereocenters. The molecular weight excluding hydrogens is 358 g/mol. The summed E-state index contributed by atoms with van der Waals surface area (Å²) in [6.45, 7) is 3.28. The quantitative estimate of drug-likeness (QED) is 0.761. The molecule has 2 aliphatic rings. The van der Waals surface area contributed by atoms with Gasteiger partial charge >= 0.3 is 0 Å². The third-order valence-electron chi connectivity index (χ3n) is 5.80. The molecule has 2 fully saturated rings. The van der Waals surface area contributed by atoms with Crippen molar-refractivity contribution in [3.05, 3.63) is 36.4 Å². The smallest absolute Gasteiger partial charge is 0.224 e. The number of aromatic nitrogens is 5. The Labute approximate surface area is 163 Å². The monoisotopic (exact) mass is 383 g/mol. The van der Waals surface area contributed by atoms with Gasteiger partial charge in [-0.25, -0.2) is 4.68 Å². The normalized spacial score (nSPS) is 22.6. The number of piperidine rings is 2. The van der Waals surface area contributed by atoms with Crippen LogP contribution in [0.5, 0.6) is 0 Å². The highest BCUT2D eigenvalue weighted by atomic mass is 16.2. The van der Waals surface area contributed by atoms with Crippen molar-refractivity contribution in [2.45, 2.75) is 45.2 Å². The number of nitrogens with zero attached hydrogens (tertiary/aromatic N) is 7. The van der Waals surface area contributed by atoms with Crippen LogP contribution in [0.25, 0.3) is 0 Å². The number of likely N-dealkylation sites (tertiary alicyclic amines) is 2. The number of carbonyl (C=O) groups excluding carboxylic acids is 2. The first kappa shape index (κ1) is 18.5. The Kier molecular flexibility index (Phi) is 5.31. The van der Waals surface area contributed by atoms with E-state index in [2.05, 4.69) is 20.5 Å². The third-order valence-corrected chi connectivity index (χ3v) is 5.80. The Morgan fingerprint density at radius 1 is 1.25 bits per heavy atom. The molecule has 0 bridgehead atoms. The number of carbonyl (C=O) groups is 2. The molecule has 0 unspecified atom stereocenters. The third kappa shape index (κ3) is 4.18. The van der Waals surface area contributed by atoms with E-state index in [0.29, 0.717) is 32.5 Å². The van der Waals surface area contributed by atoms with E-state index in [1.165, 1.54) is 6.33 Å². The molecular formula is C19H25N7O2. The number of hydrogen-bond acceptors (Lipinski definition) is 6. The van der Waals surface area contributed by atoms with Gasteiger partial charge in [0, 0.05) is 56.8 Å². The van der Waals surface area contributed by atoms with Crippen LogP contribution in [0, 0.1) is 5.41 Å². The summed E-state index contributed by atoms with van der Waals surface area (Å²) in [5.74, 6) is 0.321. The van der Waals surface area contributed by atoms with Gasteiger partial charge in [0.1, 0.15) is 6.33 Å². The van der Waals surface area contributed by atoms with E-state index < -0.39 is 0 Å². The first-order valence-corrected chi connectivity index (χ1v) is 9.79. The molecule has 2 saturated heterocycles. The second-order valence-corrected chi connectivity index (χ2v) is 7.85. The van der Waals surface area contributed by atoms with Crippen LogP contribution in [0.1, 0.15) is 37.7 Å². The fraction of sp³-hybridized carbons (Fsp3) is 0.579. The van der Waals surface area contributed by atoms with Crippen LogP contribution < -0.4 is 0 Å². The summed E-state index contributed by atoms with van der Waals surface area (Å²) in [6, 6.07) is 3.89. The van der Waals surface area contributed by atoms with Gasteiger partial charge < -0.3 is 9.80 Å². The highest BCUT2D eigenvalue weighted by molar-refractivity contribution is 5.78. The van der Waals surface area contributed by atoms with Crippen molar-refractivity contribution in [3.63, 3.8) is 0 Å². The van der Waals surface area contributed by atoms with Gasteiger partial charge in [0.2, 0.25) is 11.8 Å². The molecule has 148 valence electrons. The van der Waals surface area contributed by atoms with Gasteiger partial charge in [0.25, 0.3) is 0 Å². The highest BCUT2D eigenvalue weighted by Crippen LogP contribution is 2.39. The molecule has 9 heteroatoms. The Balaban J connectivity index is 1.39. The second kappa shape index (κ2) is 8.04. The first-order chi connectivity index (χ1) is 13.6. The topological polar surface area (TPSA) is 97.1 Å². The minimum absolute atomic E-state index is 0.00115. The fourth-order valence-electron chi connectivity index (χ4n) is 4.36. The van der Waals surface area contributed by atoms with Crippen molar-refractivity contribution in [1.82, 2.24) is 35.0 Å². The lowest BCUT2D eigenvalue weighted by atomic mass is 9.73. The van der Waals surface area contributed by atoms with Gasteiger partial charge in [-0.15, -0.1) is 5.10 Å². The SMILES string of the molecule is O=C(CCn1cnnn1)N1CCC[C@]2(CCC(=O)N(Cc3cccnc3)C2)C1. The van der Waals surface area contributed by atoms with E-state index in [4.69, 9.17) is 0 Å². The van der Waals surface area contributed by atoms with Crippen molar-refractivity contribution in [2.24, 2.45) is 5.41 Å². The van der Waals surface area contributed by atoms with Gasteiger partial charge in [-0.3, -0.25) is 14.6 Å². The zero-order valence-corrected chi connectivity index (χ0v) is 15.9. The zero-order valence-electron chi connectivity index (χ0n) is 15.9. The second-order valence-electron chi connectivity index (χ2n) is 7.85. The number of aryl methyl sites for hydroxylation is 1. The van der Waals surface area contributed by atoms with Crippen molar-refractivity contribution in [2.75, 3.05) is 19.6 Å². The summed E-state index contributed by atoms with van der Waals surface area (Å²) in [4.78, 5) is 33.2. The number of tetrazole rings is 1. The van der Waals surface area contributed by atoms with Crippen molar-refractivity contribution in [3.8, 4) is 0 Å². The van der Waals surface area contributed by atoms with Crippen molar-refractivity contribution >= 4 is 11.8 Å². The minimum atomic E-state index is -0.00115. The summed E-state index contributed by atoms with van der Waals surface area (Å²) < 4.78 is 1.58. The van der Waals surface area contributed by atoms with E-state index in [-0.39, 0.29) is 17.2 Å². The molecule has 0 radical (unpaired) electrons. The zero-order chi connectivity index (χ0) is 19.4. The van der Waals surface area contributed by atoms with E-state index in [9.17, 15) is 9.59 Å². The molecule has 1 spiro atoms. The Morgan fingerprint density at radius 3 is 2.96 bits per heavy atom. The molecule has 0 aromatic carbocycles. The molecule has 9 nitrogen and oxygen atoms in total. The molecule has 28 heavy (non-hydrogen) atoms. The van der Waals surface area contributed by atoms with Gasteiger partial charge in [0.05, 0.1) is 6.54 Å². The maximum Gasteiger partial charge on any atom is 0.224 e. The van der Waals surface area contributed by atoms with E-state index in [1.54, 1.807) is 10.9 Å². The molecule has 2 amide bonds. The summed E-state index contributed by atoms with van der Waals surface area (Å²) in [5.41, 5.74) is 1.04.